The van der Waals surface area contributed by atoms with Crippen LogP contribution in [0.15, 0.2) is 36.7 Å². The Hall–Kier alpha value is -2.88. The van der Waals surface area contributed by atoms with Crippen LogP contribution >= 0.6 is 0 Å². The second-order valence-electron chi connectivity index (χ2n) is 5.52. The standard InChI is InChI=1S/C16H16F3N5O2/c17-16(18,19)11-2-1-3-12(8-11)22-15(25)23-13-9-14(21-10-20-13)24-4-6-26-7-5-24/h1-3,8-10H,4-7H2,(H2,20,21,22,23,25). The minimum Gasteiger partial charge on any atom is -0.378 e. The summed E-state index contributed by atoms with van der Waals surface area (Å²) in [5.41, 5.74) is -0.813. The highest BCUT2D eigenvalue weighted by molar-refractivity contribution is 5.99. The number of anilines is 3. The topological polar surface area (TPSA) is 79.4 Å². The van der Waals surface area contributed by atoms with Crippen molar-refractivity contribution in [2.75, 3.05) is 41.8 Å². The third-order valence-electron chi connectivity index (χ3n) is 3.68. The SMILES string of the molecule is O=C(Nc1cccc(C(F)(F)F)c1)Nc1cc(N2CCOCC2)ncn1. The first-order chi connectivity index (χ1) is 12.4. The number of carbonyl (C=O) groups is 1. The lowest BCUT2D eigenvalue weighted by atomic mass is 10.2. The molecule has 2 aromatic rings. The van der Waals surface area contributed by atoms with E-state index in [2.05, 4.69) is 20.6 Å². The number of carbonyl (C=O) groups excluding carboxylic acids is 1. The van der Waals surface area contributed by atoms with Gasteiger partial charge in [-0.25, -0.2) is 14.8 Å². The third-order valence-corrected chi connectivity index (χ3v) is 3.68. The maximum absolute atomic E-state index is 12.7. The van der Waals surface area contributed by atoms with E-state index in [-0.39, 0.29) is 11.5 Å². The van der Waals surface area contributed by atoms with Crippen molar-refractivity contribution in [2.45, 2.75) is 6.18 Å². The first-order valence-corrected chi connectivity index (χ1v) is 7.82. The molecule has 2 heterocycles. The lowest BCUT2D eigenvalue weighted by Crippen LogP contribution is -2.36. The van der Waals surface area contributed by atoms with Crippen molar-refractivity contribution in [3.05, 3.63) is 42.2 Å². The molecule has 0 radical (unpaired) electrons. The predicted molar refractivity (Wildman–Crippen MR) is 89.1 cm³/mol. The van der Waals surface area contributed by atoms with E-state index >= 15 is 0 Å². The molecule has 1 fully saturated rings. The van der Waals surface area contributed by atoms with Gasteiger partial charge in [0.05, 0.1) is 18.8 Å². The summed E-state index contributed by atoms with van der Waals surface area (Å²) in [6.07, 6.45) is -3.17. The van der Waals surface area contributed by atoms with Crippen LogP contribution in [0.25, 0.3) is 0 Å². The molecule has 26 heavy (non-hydrogen) atoms. The summed E-state index contributed by atoms with van der Waals surface area (Å²) in [5.74, 6) is 0.878. The molecule has 138 valence electrons. The predicted octanol–water partition coefficient (Wildman–Crippen LogP) is 2.98. The van der Waals surface area contributed by atoms with E-state index in [4.69, 9.17) is 4.74 Å². The van der Waals surface area contributed by atoms with Crippen molar-refractivity contribution >= 4 is 23.4 Å². The Labute approximate surface area is 147 Å². The molecule has 1 aromatic carbocycles. The van der Waals surface area contributed by atoms with Gasteiger partial charge in [0.2, 0.25) is 0 Å². The van der Waals surface area contributed by atoms with Crippen molar-refractivity contribution in [3.8, 4) is 0 Å². The summed E-state index contributed by atoms with van der Waals surface area (Å²) < 4.78 is 43.4. The highest BCUT2D eigenvalue weighted by atomic mass is 19.4. The maximum atomic E-state index is 12.7. The van der Waals surface area contributed by atoms with Gasteiger partial charge in [-0.2, -0.15) is 13.2 Å². The van der Waals surface area contributed by atoms with Crippen molar-refractivity contribution in [2.24, 2.45) is 0 Å². The van der Waals surface area contributed by atoms with Crippen LogP contribution in [0.1, 0.15) is 5.56 Å². The molecule has 2 amide bonds. The minimum absolute atomic E-state index is 0.0276. The van der Waals surface area contributed by atoms with Gasteiger partial charge in [0, 0.05) is 24.8 Å². The summed E-state index contributed by atoms with van der Waals surface area (Å²) in [4.78, 5) is 22.1. The second kappa shape index (κ2) is 7.56. The Morgan fingerprint density at radius 3 is 2.62 bits per heavy atom. The van der Waals surface area contributed by atoms with Crippen LogP contribution in [0.3, 0.4) is 0 Å². The van der Waals surface area contributed by atoms with Gasteiger partial charge in [0.15, 0.2) is 0 Å². The van der Waals surface area contributed by atoms with Crippen molar-refractivity contribution in [1.82, 2.24) is 9.97 Å². The first kappa shape index (κ1) is 17.9. The summed E-state index contributed by atoms with van der Waals surface area (Å²) in [7, 11) is 0. The van der Waals surface area contributed by atoms with E-state index in [9.17, 15) is 18.0 Å². The summed E-state index contributed by atoms with van der Waals surface area (Å²) in [6, 6.07) is 5.28. The van der Waals surface area contributed by atoms with Crippen molar-refractivity contribution < 1.29 is 22.7 Å². The van der Waals surface area contributed by atoms with Gasteiger partial charge in [-0.15, -0.1) is 0 Å². The van der Waals surface area contributed by atoms with Gasteiger partial charge in [-0.3, -0.25) is 5.32 Å². The molecular weight excluding hydrogens is 351 g/mol. The average molecular weight is 367 g/mol. The third kappa shape index (κ3) is 4.60. The molecule has 2 N–H and O–H groups in total. The molecule has 1 aliphatic rings. The quantitative estimate of drug-likeness (QED) is 0.872. The lowest BCUT2D eigenvalue weighted by Gasteiger charge is -2.27. The van der Waals surface area contributed by atoms with Crippen LogP contribution in [-0.2, 0) is 10.9 Å². The lowest BCUT2D eigenvalue weighted by molar-refractivity contribution is -0.137. The molecule has 0 aliphatic carbocycles. The summed E-state index contributed by atoms with van der Waals surface area (Å²) in [6.45, 7) is 2.52. The molecule has 7 nitrogen and oxygen atoms in total. The Bertz CT molecular complexity index is 778. The molecule has 0 bridgehead atoms. The average Bonchev–Trinajstić information content (AvgIpc) is 2.62. The summed E-state index contributed by atoms with van der Waals surface area (Å²) in [5, 5.41) is 4.85. The van der Waals surface area contributed by atoms with Crippen LogP contribution < -0.4 is 15.5 Å². The number of benzene rings is 1. The Balaban J connectivity index is 1.65. The van der Waals surface area contributed by atoms with Crippen molar-refractivity contribution in [3.63, 3.8) is 0 Å². The minimum atomic E-state index is -4.48. The number of halogens is 3. The molecule has 1 aromatic heterocycles. The Morgan fingerprint density at radius 2 is 1.88 bits per heavy atom. The van der Waals surface area contributed by atoms with E-state index in [0.717, 1.165) is 12.1 Å². The largest absolute Gasteiger partial charge is 0.416 e. The number of alkyl halides is 3. The van der Waals surface area contributed by atoms with Crippen molar-refractivity contribution in [1.29, 1.82) is 0 Å². The Morgan fingerprint density at radius 1 is 1.12 bits per heavy atom. The number of morpholine rings is 1. The second-order valence-corrected chi connectivity index (χ2v) is 5.52. The number of nitrogens with one attached hydrogen (secondary N) is 2. The number of hydrogen-bond acceptors (Lipinski definition) is 5. The zero-order valence-electron chi connectivity index (χ0n) is 13.6. The maximum Gasteiger partial charge on any atom is 0.416 e. The van der Waals surface area contributed by atoms with Crippen LogP contribution in [0.2, 0.25) is 0 Å². The van der Waals surface area contributed by atoms with Gasteiger partial charge in [0.25, 0.3) is 0 Å². The van der Waals surface area contributed by atoms with E-state index in [1.807, 2.05) is 4.90 Å². The number of ether oxygens (including phenoxy) is 1. The van der Waals surface area contributed by atoms with Crippen LogP contribution in [0.5, 0.6) is 0 Å². The molecule has 10 heteroatoms. The molecule has 0 unspecified atom stereocenters. The fourth-order valence-electron chi connectivity index (χ4n) is 2.43. The van der Waals surface area contributed by atoms with Crippen LogP contribution in [0.4, 0.5) is 35.3 Å². The van der Waals surface area contributed by atoms with Gasteiger partial charge in [-0.05, 0) is 18.2 Å². The molecule has 0 atom stereocenters. The van der Waals surface area contributed by atoms with E-state index in [1.54, 1.807) is 6.07 Å². The zero-order valence-corrected chi connectivity index (χ0v) is 13.6. The monoisotopic (exact) mass is 367 g/mol. The number of hydrogen-bond donors (Lipinski definition) is 2. The highest BCUT2D eigenvalue weighted by Crippen LogP contribution is 2.30. The smallest absolute Gasteiger partial charge is 0.378 e. The van der Waals surface area contributed by atoms with E-state index in [0.29, 0.717) is 32.1 Å². The molecule has 0 saturated carbocycles. The van der Waals surface area contributed by atoms with E-state index < -0.39 is 17.8 Å². The summed E-state index contributed by atoms with van der Waals surface area (Å²) >= 11 is 0. The fraction of sp³-hybridized carbons (Fsp3) is 0.312. The van der Waals surface area contributed by atoms with Gasteiger partial charge < -0.3 is 15.0 Å². The number of urea groups is 1. The normalized spacial score (nSPS) is 14.8. The van der Waals surface area contributed by atoms with Crippen LogP contribution in [0, 0.1) is 0 Å². The number of aromatic nitrogens is 2. The molecule has 1 saturated heterocycles. The van der Waals surface area contributed by atoms with Gasteiger partial charge in [-0.1, -0.05) is 6.07 Å². The number of amides is 2. The fourth-order valence-corrected chi connectivity index (χ4v) is 2.43. The number of nitrogens with zero attached hydrogens (tertiary/aromatic N) is 3. The van der Waals surface area contributed by atoms with Crippen LogP contribution in [-0.4, -0.2) is 42.3 Å². The van der Waals surface area contributed by atoms with Gasteiger partial charge in [0.1, 0.15) is 18.0 Å². The first-order valence-electron chi connectivity index (χ1n) is 7.82. The highest BCUT2D eigenvalue weighted by Gasteiger charge is 2.30. The molecule has 0 spiro atoms. The van der Waals surface area contributed by atoms with Gasteiger partial charge >= 0.3 is 12.2 Å². The zero-order chi connectivity index (χ0) is 18.6. The molecule has 3 rings (SSSR count). The molecule has 1 aliphatic heterocycles. The molecular formula is C16H16F3N5O2. The Kier molecular flexibility index (Phi) is 5.21. The number of rotatable bonds is 3. The van der Waals surface area contributed by atoms with E-state index in [1.165, 1.54) is 18.5 Å².